The molecular formula is C22H27ClN2O5S. The molecule has 2 aromatic rings. The van der Waals surface area contributed by atoms with Crippen molar-refractivity contribution >= 4 is 27.5 Å². The zero-order chi connectivity index (χ0) is 22.6. The Hall–Kier alpha value is -2.29. The van der Waals surface area contributed by atoms with E-state index >= 15 is 0 Å². The molecule has 1 aliphatic rings. The van der Waals surface area contributed by atoms with Gasteiger partial charge in [-0.25, -0.2) is 8.42 Å². The van der Waals surface area contributed by atoms with Crippen LogP contribution < -0.4 is 14.8 Å². The molecule has 7 nitrogen and oxygen atoms in total. The Labute approximate surface area is 188 Å². The minimum atomic E-state index is -3.85. The van der Waals surface area contributed by atoms with Crippen molar-refractivity contribution in [1.82, 2.24) is 9.62 Å². The summed E-state index contributed by atoms with van der Waals surface area (Å²) in [5.41, 5.74) is 0.943. The second-order valence-corrected chi connectivity index (χ2v) is 9.84. The van der Waals surface area contributed by atoms with E-state index in [1.165, 1.54) is 23.5 Å². The number of methoxy groups -OCH3 is 2. The van der Waals surface area contributed by atoms with Crippen molar-refractivity contribution in [2.45, 2.75) is 30.7 Å². The molecule has 1 saturated heterocycles. The highest BCUT2D eigenvalue weighted by Gasteiger charge is 2.35. The molecule has 0 aliphatic carbocycles. The van der Waals surface area contributed by atoms with Crippen LogP contribution in [0.4, 0.5) is 0 Å². The van der Waals surface area contributed by atoms with Gasteiger partial charge in [-0.3, -0.25) is 4.79 Å². The van der Waals surface area contributed by atoms with Crippen LogP contribution in [0.2, 0.25) is 5.02 Å². The van der Waals surface area contributed by atoms with E-state index in [0.29, 0.717) is 24.4 Å². The average molecular weight is 467 g/mol. The first-order chi connectivity index (χ1) is 14.8. The lowest BCUT2D eigenvalue weighted by molar-refractivity contribution is -0.126. The number of piperidine rings is 1. The number of halogens is 1. The van der Waals surface area contributed by atoms with Gasteiger partial charge in [0.2, 0.25) is 15.9 Å². The summed E-state index contributed by atoms with van der Waals surface area (Å²) >= 11 is 6.02. The fraction of sp³-hybridized carbons (Fsp3) is 0.409. The van der Waals surface area contributed by atoms with Crippen LogP contribution in [0.5, 0.6) is 11.5 Å². The predicted molar refractivity (Wildman–Crippen MR) is 119 cm³/mol. The summed E-state index contributed by atoms with van der Waals surface area (Å²) in [5, 5.41) is 3.30. The van der Waals surface area contributed by atoms with Crippen molar-refractivity contribution in [3.8, 4) is 11.5 Å². The van der Waals surface area contributed by atoms with Gasteiger partial charge in [-0.2, -0.15) is 4.31 Å². The van der Waals surface area contributed by atoms with Gasteiger partial charge in [0.1, 0.15) is 16.4 Å². The molecule has 2 aromatic carbocycles. The van der Waals surface area contributed by atoms with Gasteiger partial charge >= 0.3 is 0 Å². The minimum Gasteiger partial charge on any atom is -0.497 e. The lowest BCUT2D eigenvalue weighted by Gasteiger charge is -2.32. The van der Waals surface area contributed by atoms with E-state index in [4.69, 9.17) is 21.1 Å². The summed E-state index contributed by atoms with van der Waals surface area (Å²) in [6, 6.07) is 11.7. The van der Waals surface area contributed by atoms with Gasteiger partial charge in [-0.05, 0) is 55.7 Å². The van der Waals surface area contributed by atoms with Crippen LogP contribution in [0.3, 0.4) is 0 Å². The number of rotatable bonds is 7. The van der Waals surface area contributed by atoms with E-state index in [-0.39, 0.29) is 29.1 Å². The van der Waals surface area contributed by atoms with Gasteiger partial charge in [-0.1, -0.05) is 23.7 Å². The highest BCUT2D eigenvalue weighted by Crippen LogP contribution is 2.32. The number of amides is 1. The standard InChI is InChI=1S/C22H27ClN2O5S/c1-15(16-6-9-19(29-2)10-7-16)24-22(26)17-5-4-12-25(14-17)31(27,28)21-13-18(23)8-11-20(21)30-3/h6-11,13,15,17H,4-5,12,14H2,1-3H3,(H,24,26). The first kappa shape index (κ1) is 23.4. The second-order valence-electron chi connectivity index (χ2n) is 7.50. The maximum Gasteiger partial charge on any atom is 0.246 e. The molecule has 0 radical (unpaired) electrons. The highest BCUT2D eigenvalue weighted by molar-refractivity contribution is 7.89. The number of carbonyl (C=O) groups excluding carboxylic acids is 1. The van der Waals surface area contributed by atoms with E-state index in [1.807, 2.05) is 31.2 Å². The summed E-state index contributed by atoms with van der Waals surface area (Å²) < 4.78 is 38.2. The molecule has 2 atom stereocenters. The third kappa shape index (κ3) is 5.31. The highest BCUT2D eigenvalue weighted by atomic mass is 35.5. The molecule has 31 heavy (non-hydrogen) atoms. The topological polar surface area (TPSA) is 84.9 Å². The summed E-state index contributed by atoms with van der Waals surface area (Å²) in [6.45, 7) is 2.35. The quantitative estimate of drug-likeness (QED) is 0.673. The number of sulfonamides is 1. The summed E-state index contributed by atoms with van der Waals surface area (Å²) in [4.78, 5) is 12.9. The number of hydrogen-bond donors (Lipinski definition) is 1. The van der Waals surface area contributed by atoms with E-state index in [1.54, 1.807) is 13.2 Å². The molecule has 1 amide bonds. The number of carbonyl (C=O) groups is 1. The lowest BCUT2D eigenvalue weighted by atomic mass is 9.98. The van der Waals surface area contributed by atoms with E-state index in [9.17, 15) is 13.2 Å². The molecule has 3 rings (SSSR count). The predicted octanol–water partition coefficient (Wildman–Crippen LogP) is 3.64. The SMILES string of the molecule is COc1ccc(C(C)NC(=O)C2CCCN(S(=O)(=O)c3cc(Cl)ccc3OC)C2)cc1. The monoisotopic (exact) mass is 466 g/mol. The Bertz CT molecular complexity index is 1030. The lowest BCUT2D eigenvalue weighted by Crippen LogP contribution is -2.45. The average Bonchev–Trinajstić information content (AvgIpc) is 2.79. The van der Waals surface area contributed by atoms with Crippen molar-refractivity contribution in [2.24, 2.45) is 5.92 Å². The molecule has 0 spiro atoms. The van der Waals surface area contributed by atoms with Gasteiger partial charge in [0.15, 0.2) is 0 Å². The number of benzene rings is 2. The molecule has 0 aromatic heterocycles. The van der Waals surface area contributed by atoms with Gasteiger partial charge in [0.05, 0.1) is 26.2 Å². The number of ether oxygens (including phenoxy) is 2. The molecule has 2 unspecified atom stereocenters. The fourth-order valence-corrected chi connectivity index (χ4v) is 5.62. The van der Waals surface area contributed by atoms with Crippen molar-refractivity contribution in [3.05, 3.63) is 53.1 Å². The molecule has 0 saturated carbocycles. The Morgan fingerprint density at radius 2 is 1.87 bits per heavy atom. The first-order valence-corrected chi connectivity index (χ1v) is 11.9. The van der Waals surface area contributed by atoms with Crippen LogP contribution >= 0.6 is 11.6 Å². The molecule has 1 heterocycles. The first-order valence-electron chi connectivity index (χ1n) is 10.0. The van der Waals surface area contributed by atoms with Crippen molar-refractivity contribution < 1.29 is 22.7 Å². The normalized spacial score (nSPS) is 18.3. The Kier molecular flexibility index (Phi) is 7.46. The smallest absolute Gasteiger partial charge is 0.246 e. The van der Waals surface area contributed by atoms with E-state index < -0.39 is 15.9 Å². The third-order valence-corrected chi connectivity index (χ3v) is 7.59. The van der Waals surface area contributed by atoms with E-state index in [0.717, 1.165) is 11.3 Å². The summed E-state index contributed by atoms with van der Waals surface area (Å²) in [7, 11) is -0.841. The Balaban J connectivity index is 1.72. The van der Waals surface area contributed by atoms with Crippen LogP contribution in [-0.2, 0) is 14.8 Å². The summed E-state index contributed by atoms with van der Waals surface area (Å²) in [6.07, 6.45) is 1.22. The maximum absolute atomic E-state index is 13.2. The van der Waals surface area contributed by atoms with Gasteiger partial charge in [0, 0.05) is 18.1 Å². The van der Waals surface area contributed by atoms with Crippen LogP contribution in [0.25, 0.3) is 0 Å². The Morgan fingerprint density at radius 3 is 2.52 bits per heavy atom. The van der Waals surface area contributed by atoms with Crippen LogP contribution in [-0.4, -0.2) is 45.9 Å². The third-order valence-electron chi connectivity index (χ3n) is 5.47. The second kappa shape index (κ2) is 9.89. The zero-order valence-electron chi connectivity index (χ0n) is 17.8. The molecule has 168 valence electrons. The van der Waals surface area contributed by atoms with Crippen molar-refractivity contribution in [2.75, 3.05) is 27.3 Å². The minimum absolute atomic E-state index is 0.00941. The zero-order valence-corrected chi connectivity index (χ0v) is 19.4. The van der Waals surface area contributed by atoms with Crippen LogP contribution in [0.1, 0.15) is 31.4 Å². The molecule has 0 bridgehead atoms. The van der Waals surface area contributed by atoms with Crippen molar-refractivity contribution in [1.29, 1.82) is 0 Å². The van der Waals surface area contributed by atoms with Crippen LogP contribution in [0, 0.1) is 5.92 Å². The summed E-state index contributed by atoms with van der Waals surface area (Å²) in [5.74, 6) is 0.367. The molecule has 1 aliphatic heterocycles. The van der Waals surface area contributed by atoms with Gasteiger partial charge < -0.3 is 14.8 Å². The molecular weight excluding hydrogens is 440 g/mol. The largest absolute Gasteiger partial charge is 0.497 e. The van der Waals surface area contributed by atoms with Crippen LogP contribution in [0.15, 0.2) is 47.4 Å². The molecule has 1 N–H and O–H groups in total. The molecule has 1 fully saturated rings. The Morgan fingerprint density at radius 1 is 1.16 bits per heavy atom. The van der Waals surface area contributed by atoms with Gasteiger partial charge in [-0.15, -0.1) is 0 Å². The van der Waals surface area contributed by atoms with Crippen molar-refractivity contribution in [3.63, 3.8) is 0 Å². The number of nitrogens with one attached hydrogen (secondary N) is 1. The van der Waals surface area contributed by atoms with Gasteiger partial charge in [0.25, 0.3) is 0 Å². The fourth-order valence-electron chi connectivity index (χ4n) is 3.67. The number of hydrogen-bond acceptors (Lipinski definition) is 5. The maximum atomic E-state index is 13.2. The number of nitrogens with zero attached hydrogens (tertiary/aromatic N) is 1. The molecule has 9 heteroatoms. The van der Waals surface area contributed by atoms with E-state index in [2.05, 4.69) is 5.32 Å².